The summed E-state index contributed by atoms with van der Waals surface area (Å²) in [5, 5.41) is 0. The number of rotatable bonds is 4. The second kappa shape index (κ2) is 8.16. The van der Waals surface area contributed by atoms with Crippen LogP contribution in [0.5, 0.6) is 0 Å². The number of hydrogen-bond acceptors (Lipinski definition) is 2. The first-order valence-electron chi connectivity index (χ1n) is 6.58. The molecule has 0 spiro atoms. The van der Waals surface area contributed by atoms with Crippen LogP contribution >= 0.6 is 0 Å². The molecule has 0 aliphatic carbocycles. The van der Waals surface area contributed by atoms with Gasteiger partial charge in [0, 0.05) is 13.3 Å². The molecule has 0 radical (unpaired) electrons. The molecule has 0 heterocycles. The van der Waals surface area contributed by atoms with Crippen LogP contribution in [0.4, 0.5) is 0 Å². The summed E-state index contributed by atoms with van der Waals surface area (Å²) in [7, 11) is 0. The van der Waals surface area contributed by atoms with Crippen LogP contribution in [0.25, 0.3) is 5.57 Å². The van der Waals surface area contributed by atoms with Gasteiger partial charge in [-0.1, -0.05) is 55.5 Å². The minimum Gasteiger partial charge on any atom is -0.430 e. The lowest BCUT2D eigenvalue weighted by molar-refractivity contribution is -0.136. The minimum absolute atomic E-state index is 0.318. The molecule has 0 aromatic heterocycles. The van der Waals surface area contributed by atoms with Gasteiger partial charge < -0.3 is 4.74 Å². The van der Waals surface area contributed by atoms with Crippen LogP contribution in [-0.4, -0.2) is 5.97 Å². The Kier molecular flexibility index (Phi) is 6.46. The third kappa shape index (κ3) is 5.44. The Balaban J connectivity index is 3.03. The Morgan fingerprint density at radius 1 is 1.21 bits per heavy atom. The Hall–Kier alpha value is -2.01. The molecule has 1 rings (SSSR count). The van der Waals surface area contributed by atoms with E-state index in [1.807, 2.05) is 30.3 Å². The molecule has 0 atom stereocenters. The SMILES string of the molecule is CCCCC#C/C(=C(\C)OC(C)=O)c1ccccc1. The normalized spacial score (nSPS) is 11.1. The number of hydrogen-bond donors (Lipinski definition) is 0. The van der Waals surface area contributed by atoms with Crippen molar-refractivity contribution in [3.05, 3.63) is 41.7 Å². The highest BCUT2D eigenvalue weighted by atomic mass is 16.5. The minimum atomic E-state index is -0.318. The van der Waals surface area contributed by atoms with Crippen molar-refractivity contribution in [3.8, 4) is 11.8 Å². The number of carbonyl (C=O) groups excluding carboxylic acids is 1. The summed E-state index contributed by atoms with van der Waals surface area (Å²) in [5.41, 5.74) is 1.76. The lowest BCUT2D eigenvalue weighted by atomic mass is 10.1. The highest BCUT2D eigenvalue weighted by Crippen LogP contribution is 2.18. The fourth-order valence-corrected chi connectivity index (χ4v) is 1.65. The fourth-order valence-electron chi connectivity index (χ4n) is 1.65. The summed E-state index contributed by atoms with van der Waals surface area (Å²) >= 11 is 0. The maximum Gasteiger partial charge on any atom is 0.307 e. The molecule has 1 aromatic rings. The molecule has 0 saturated carbocycles. The zero-order chi connectivity index (χ0) is 14.1. The third-order valence-corrected chi connectivity index (χ3v) is 2.58. The topological polar surface area (TPSA) is 26.3 Å². The molecule has 0 aliphatic heterocycles. The van der Waals surface area contributed by atoms with Gasteiger partial charge in [0.25, 0.3) is 0 Å². The monoisotopic (exact) mass is 256 g/mol. The van der Waals surface area contributed by atoms with Gasteiger partial charge in [0.05, 0.1) is 5.57 Å². The molecule has 0 unspecified atom stereocenters. The molecule has 0 aliphatic rings. The van der Waals surface area contributed by atoms with E-state index in [2.05, 4.69) is 18.8 Å². The third-order valence-electron chi connectivity index (χ3n) is 2.58. The zero-order valence-electron chi connectivity index (χ0n) is 11.8. The summed E-state index contributed by atoms with van der Waals surface area (Å²) in [6, 6.07) is 9.79. The van der Waals surface area contributed by atoms with Crippen LogP contribution in [0.1, 0.15) is 45.6 Å². The molecule has 1 aromatic carbocycles. The first-order valence-corrected chi connectivity index (χ1v) is 6.58. The standard InChI is InChI=1S/C17H20O2/c1-4-5-6-10-13-17(14(2)19-15(3)18)16-11-8-7-9-12-16/h7-9,11-12H,4-6H2,1-3H3/b17-14-. The van der Waals surface area contributed by atoms with Gasteiger partial charge in [-0.3, -0.25) is 4.79 Å². The Bertz CT molecular complexity index is 501. The van der Waals surface area contributed by atoms with E-state index in [1.54, 1.807) is 6.92 Å². The summed E-state index contributed by atoms with van der Waals surface area (Å²) in [6.45, 7) is 5.31. The number of esters is 1. The van der Waals surface area contributed by atoms with Crippen molar-refractivity contribution in [3.63, 3.8) is 0 Å². The van der Waals surface area contributed by atoms with E-state index >= 15 is 0 Å². The summed E-state index contributed by atoms with van der Waals surface area (Å²) in [4.78, 5) is 11.1. The molecule has 19 heavy (non-hydrogen) atoms. The highest BCUT2D eigenvalue weighted by molar-refractivity contribution is 5.82. The molecule has 2 nitrogen and oxygen atoms in total. The Morgan fingerprint density at radius 3 is 2.47 bits per heavy atom. The quantitative estimate of drug-likeness (QED) is 0.350. The van der Waals surface area contributed by atoms with Gasteiger partial charge in [-0.25, -0.2) is 0 Å². The van der Waals surface area contributed by atoms with Crippen LogP contribution in [0.15, 0.2) is 36.1 Å². The van der Waals surface area contributed by atoms with Crippen molar-refractivity contribution in [2.75, 3.05) is 0 Å². The van der Waals surface area contributed by atoms with Gasteiger partial charge in [-0.05, 0) is 18.9 Å². The predicted octanol–water partition coefficient (Wildman–Crippen LogP) is 4.17. The van der Waals surface area contributed by atoms with Gasteiger partial charge in [0.15, 0.2) is 0 Å². The van der Waals surface area contributed by atoms with Gasteiger partial charge in [0.2, 0.25) is 0 Å². The van der Waals surface area contributed by atoms with E-state index in [9.17, 15) is 4.79 Å². The van der Waals surface area contributed by atoms with Crippen molar-refractivity contribution in [1.29, 1.82) is 0 Å². The van der Waals surface area contributed by atoms with E-state index in [0.29, 0.717) is 5.76 Å². The first kappa shape index (κ1) is 15.0. The fraction of sp³-hybridized carbons (Fsp3) is 0.353. The largest absolute Gasteiger partial charge is 0.430 e. The summed E-state index contributed by atoms with van der Waals surface area (Å²) < 4.78 is 5.16. The number of carbonyl (C=O) groups is 1. The van der Waals surface area contributed by atoms with Crippen molar-refractivity contribution in [2.45, 2.75) is 40.0 Å². The van der Waals surface area contributed by atoms with Crippen LogP contribution in [-0.2, 0) is 9.53 Å². The molecule has 2 heteroatoms. The molecule has 0 bridgehead atoms. The summed E-state index contributed by atoms with van der Waals surface area (Å²) in [6.07, 6.45) is 3.07. The average Bonchev–Trinajstić information content (AvgIpc) is 2.39. The van der Waals surface area contributed by atoms with Gasteiger partial charge >= 0.3 is 5.97 Å². The Morgan fingerprint density at radius 2 is 1.89 bits per heavy atom. The molecule has 0 N–H and O–H groups in total. The number of ether oxygens (including phenoxy) is 1. The molecule has 0 amide bonds. The molecular formula is C17H20O2. The number of benzene rings is 1. The van der Waals surface area contributed by atoms with E-state index in [-0.39, 0.29) is 5.97 Å². The van der Waals surface area contributed by atoms with Gasteiger partial charge in [-0.2, -0.15) is 0 Å². The maximum atomic E-state index is 11.1. The molecular weight excluding hydrogens is 236 g/mol. The molecule has 100 valence electrons. The molecule has 0 fully saturated rings. The lowest BCUT2D eigenvalue weighted by Gasteiger charge is -2.06. The first-order chi connectivity index (χ1) is 9.15. The Labute approximate surface area is 115 Å². The molecule has 0 saturated heterocycles. The maximum absolute atomic E-state index is 11.1. The van der Waals surface area contributed by atoms with Crippen molar-refractivity contribution >= 4 is 11.5 Å². The number of allylic oxidation sites excluding steroid dienone is 2. The van der Waals surface area contributed by atoms with Crippen molar-refractivity contribution < 1.29 is 9.53 Å². The van der Waals surface area contributed by atoms with Crippen molar-refractivity contribution in [1.82, 2.24) is 0 Å². The average molecular weight is 256 g/mol. The predicted molar refractivity (Wildman–Crippen MR) is 78.1 cm³/mol. The van der Waals surface area contributed by atoms with E-state index in [1.165, 1.54) is 6.92 Å². The number of unbranched alkanes of at least 4 members (excludes halogenated alkanes) is 2. The van der Waals surface area contributed by atoms with Crippen molar-refractivity contribution in [2.24, 2.45) is 0 Å². The van der Waals surface area contributed by atoms with Gasteiger partial charge in [-0.15, -0.1) is 0 Å². The second-order valence-corrected chi connectivity index (χ2v) is 4.30. The smallest absolute Gasteiger partial charge is 0.307 e. The lowest BCUT2D eigenvalue weighted by Crippen LogP contribution is -1.99. The van der Waals surface area contributed by atoms with Crippen LogP contribution < -0.4 is 0 Å². The second-order valence-electron chi connectivity index (χ2n) is 4.30. The summed E-state index contributed by atoms with van der Waals surface area (Å²) in [5.74, 6) is 6.51. The van der Waals surface area contributed by atoms with E-state index in [4.69, 9.17) is 4.74 Å². The van der Waals surface area contributed by atoms with Gasteiger partial charge in [0.1, 0.15) is 5.76 Å². The van der Waals surface area contributed by atoms with E-state index < -0.39 is 0 Å². The zero-order valence-corrected chi connectivity index (χ0v) is 11.8. The van der Waals surface area contributed by atoms with Crippen LogP contribution in [0.2, 0.25) is 0 Å². The van der Waals surface area contributed by atoms with Crippen LogP contribution in [0, 0.1) is 11.8 Å². The van der Waals surface area contributed by atoms with Crippen LogP contribution in [0.3, 0.4) is 0 Å². The highest BCUT2D eigenvalue weighted by Gasteiger charge is 2.06. The van der Waals surface area contributed by atoms with E-state index in [0.717, 1.165) is 30.4 Å².